The number of benzene rings is 6. The molecule has 0 aliphatic rings. The lowest BCUT2D eigenvalue weighted by molar-refractivity contribution is 1.26. The molecule has 0 amide bonds. The zero-order valence-corrected chi connectivity index (χ0v) is 23.8. The number of anilines is 6. The van der Waals surface area contributed by atoms with E-state index >= 15 is 0 Å². The first kappa shape index (κ1) is 26.2. The summed E-state index contributed by atoms with van der Waals surface area (Å²) in [4.78, 5) is 4.63. The maximum absolute atomic E-state index is 2.32. The smallest absolute Gasteiger partial charge is 0.0464 e. The van der Waals surface area contributed by atoms with Gasteiger partial charge in [0.15, 0.2) is 0 Å². The molecule has 0 spiro atoms. The normalized spacial score (nSPS) is 10.8. The summed E-state index contributed by atoms with van der Waals surface area (Å²) < 4.78 is 0. The predicted octanol–water partition coefficient (Wildman–Crippen LogP) is 11.2. The molecule has 0 bridgehead atoms. The first-order chi connectivity index (χ1) is 20.0. The van der Waals surface area contributed by atoms with Crippen molar-refractivity contribution in [2.75, 3.05) is 9.80 Å². The summed E-state index contributed by atoms with van der Waals surface area (Å²) in [5.41, 5.74) is 13.0. The fraction of sp³-hybridized carbons (Fsp3) is 0.0769. The molecule has 0 saturated carbocycles. The van der Waals surface area contributed by atoms with Gasteiger partial charge in [0.2, 0.25) is 0 Å². The zero-order valence-electron chi connectivity index (χ0n) is 23.8. The number of aryl methyl sites for hydroxylation is 3. The van der Waals surface area contributed by atoms with Crippen LogP contribution in [0.4, 0.5) is 34.1 Å². The van der Waals surface area contributed by atoms with Crippen LogP contribution in [0, 0.1) is 20.8 Å². The van der Waals surface area contributed by atoms with Crippen LogP contribution in [0.15, 0.2) is 152 Å². The summed E-state index contributed by atoms with van der Waals surface area (Å²) in [5.74, 6) is 0. The second-order valence-electron chi connectivity index (χ2n) is 10.6. The molecule has 2 heteroatoms. The van der Waals surface area contributed by atoms with Crippen LogP contribution in [-0.4, -0.2) is 0 Å². The van der Waals surface area contributed by atoms with Crippen LogP contribution in [0.5, 0.6) is 0 Å². The molecule has 0 saturated heterocycles. The van der Waals surface area contributed by atoms with Crippen molar-refractivity contribution in [2.24, 2.45) is 0 Å². The average Bonchev–Trinajstić information content (AvgIpc) is 3.00. The Kier molecular flexibility index (Phi) is 7.38. The monoisotopic (exact) mass is 530 g/mol. The topological polar surface area (TPSA) is 6.48 Å². The molecule has 0 aromatic heterocycles. The van der Waals surface area contributed by atoms with Crippen molar-refractivity contribution >= 4 is 34.1 Å². The molecule has 200 valence electrons. The highest BCUT2D eigenvalue weighted by Gasteiger charge is 2.14. The average molecular weight is 531 g/mol. The Labute approximate surface area is 243 Å². The lowest BCUT2D eigenvalue weighted by Gasteiger charge is -2.26. The van der Waals surface area contributed by atoms with Crippen LogP contribution in [0.3, 0.4) is 0 Å². The van der Waals surface area contributed by atoms with Gasteiger partial charge in [-0.05, 0) is 116 Å². The molecule has 2 nitrogen and oxygen atoms in total. The van der Waals surface area contributed by atoms with E-state index in [1.807, 2.05) is 0 Å². The molecule has 0 radical (unpaired) electrons. The van der Waals surface area contributed by atoms with Crippen LogP contribution in [0.25, 0.3) is 11.1 Å². The van der Waals surface area contributed by atoms with Crippen molar-refractivity contribution in [1.29, 1.82) is 0 Å². The van der Waals surface area contributed by atoms with Crippen LogP contribution in [0.1, 0.15) is 16.7 Å². The summed E-state index contributed by atoms with van der Waals surface area (Å²) in [6.45, 7) is 6.40. The van der Waals surface area contributed by atoms with Crippen LogP contribution >= 0.6 is 0 Å². The van der Waals surface area contributed by atoms with E-state index in [9.17, 15) is 0 Å². The minimum atomic E-state index is 1.13. The molecule has 0 aliphatic heterocycles. The Morgan fingerprint density at radius 2 is 0.659 bits per heavy atom. The molecule has 0 unspecified atom stereocenters. The van der Waals surface area contributed by atoms with Crippen molar-refractivity contribution in [3.05, 3.63) is 168 Å². The Bertz CT molecular complexity index is 1740. The number of hydrogen-bond acceptors (Lipinski definition) is 2. The lowest BCUT2D eigenvalue weighted by atomic mass is 10.0. The summed E-state index contributed by atoms with van der Waals surface area (Å²) >= 11 is 0. The highest BCUT2D eigenvalue weighted by molar-refractivity contribution is 5.81. The standard InChI is InChI=1S/C39H34N2/c1-29-15-21-35(22-16-29)41(39-14-8-10-31(3)28-39)37-25-19-33(20-26-37)32-17-23-36(24-18-32)40(34-11-5-4-6-12-34)38-13-7-9-30(2)27-38/h4-28H,1-3H3. The first-order valence-corrected chi connectivity index (χ1v) is 14.1. The van der Waals surface area contributed by atoms with E-state index in [0.29, 0.717) is 0 Å². The third-order valence-corrected chi connectivity index (χ3v) is 7.41. The van der Waals surface area contributed by atoms with E-state index in [2.05, 4.69) is 182 Å². The highest BCUT2D eigenvalue weighted by Crippen LogP contribution is 2.38. The number of nitrogens with zero attached hydrogens (tertiary/aromatic N) is 2. The molecule has 0 fully saturated rings. The second kappa shape index (κ2) is 11.6. The molecular weight excluding hydrogens is 496 g/mol. The summed E-state index contributed by atoms with van der Waals surface area (Å²) in [5, 5.41) is 0. The molecule has 0 atom stereocenters. The van der Waals surface area contributed by atoms with Gasteiger partial charge in [-0.1, -0.05) is 84.4 Å². The van der Waals surface area contributed by atoms with Gasteiger partial charge in [0, 0.05) is 34.1 Å². The molecular formula is C39H34N2. The molecule has 6 rings (SSSR count). The maximum Gasteiger partial charge on any atom is 0.0464 e. The Balaban J connectivity index is 1.32. The van der Waals surface area contributed by atoms with Crippen LogP contribution in [0.2, 0.25) is 0 Å². The number of hydrogen-bond donors (Lipinski definition) is 0. The van der Waals surface area contributed by atoms with E-state index < -0.39 is 0 Å². The molecule has 0 heterocycles. The van der Waals surface area contributed by atoms with E-state index in [0.717, 1.165) is 34.1 Å². The quantitative estimate of drug-likeness (QED) is 0.202. The summed E-state index contributed by atoms with van der Waals surface area (Å²) in [6, 6.07) is 54.3. The van der Waals surface area contributed by atoms with Gasteiger partial charge in [-0.15, -0.1) is 0 Å². The van der Waals surface area contributed by atoms with Gasteiger partial charge >= 0.3 is 0 Å². The Morgan fingerprint density at radius 1 is 0.293 bits per heavy atom. The number of para-hydroxylation sites is 1. The van der Waals surface area contributed by atoms with Gasteiger partial charge in [-0.25, -0.2) is 0 Å². The molecule has 6 aromatic carbocycles. The zero-order chi connectivity index (χ0) is 28.2. The maximum atomic E-state index is 2.32. The van der Waals surface area contributed by atoms with E-state index in [1.54, 1.807) is 0 Å². The fourth-order valence-corrected chi connectivity index (χ4v) is 5.31. The van der Waals surface area contributed by atoms with Gasteiger partial charge in [-0.3, -0.25) is 0 Å². The summed E-state index contributed by atoms with van der Waals surface area (Å²) in [7, 11) is 0. The fourth-order valence-electron chi connectivity index (χ4n) is 5.31. The van der Waals surface area contributed by atoms with Crippen molar-refractivity contribution < 1.29 is 0 Å². The van der Waals surface area contributed by atoms with Gasteiger partial charge in [0.1, 0.15) is 0 Å². The van der Waals surface area contributed by atoms with Crippen molar-refractivity contribution in [3.63, 3.8) is 0 Å². The Hall–Kier alpha value is -5.08. The minimum Gasteiger partial charge on any atom is -0.310 e. The Morgan fingerprint density at radius 3 is 1.07 bits per heavy atom. The second-order valence-corrected chi connectivity index (χ2v) is 10.6. The molecule has 0 N–H and O–H groups in total. The third kappa shape index (κ3) is 5.78. The predicted molar refractivity (Wildman–Crippen MR) is 175 cm³/mol. The van der Waals surface area contributed by atoms with Gasteiger partial charge in [0.05, 0.1) is 0 Å². The summed E-state index contributed by atoms with van der Waals surface area (Å²) in [6.07, 6.45) is 0. The largest absolute Gasteiger partial charge is 0.310 e. The van der Waals surface area contributed by atoms with Crippen molar-refractivity contribution in [3.8, 4) is 11.1 Å². The lowest BCUT2D eigenvalue weighted by Crippen LogP contribution is -2.10. The molecule has 6 aromatic rings. The first-order valence-electron chi connectivity index (χ1n) is 14.1. The SMILES string of the molecule is Cc1ccc(N(c2ccc(-c3ccc(N(c4ccccc4)c4cccc(C)c4)cc3)cc2)c2cccc(C)c2)cc1. The minimum absolute atomic E-state index is 1.13. The van der Waals surface area contributed by atoms with E-state index in [4.69, 9.17) is 0 Å². The van der Waals surface area contributed by atoms with Crippen molar-refractivity contribution in [1.82, 2.24) is 0 Å². The van der Waals surface area contributed by atoms with E-state index in [1.165, 1.54) is 27.8 Å². The molecule has 41 heavy (non-hydrogen) atoms. The van der Waals surface area contributed by atoms with Crippen LogP contribution in [-0.2, 0) is 0 Å². The third-order valence-electron chi connectivity index (χ3n) is 7.41. The molecule has 0 aliphatic carbocycles. The number of rotatable bonds is 7. The van der Waals surface area contributed by atoms with Gasteiger partial charge < -0.3 is 9.80 Å². The van der Waals surface area contributed by atoms with Crippen molar-refractivity contribution in [2.45, 2.75) is 20.8 Å². The highest BCUT2D eigenvalue weighted by atomic mass is 15.1. The van der Waals surface area contributed by atoms with Gasteiger partial charge in [-0.2, -0.15) is 0 Å². The van der Waals surface area contributed by atoms with Gasteiger partial charge in [0.25, 0.3) is 0 Å². The van der Waals surface area contributed by atoms with Crippen LogP contribution < -0.4 is 9.80 Å². The van der Waals surface area contributed by atoms with E-state index in [-0.39, 0.29) is 0 Å².